The van der Waals surface area contributed by atoms with Crippen molar-refractivity contribution in [2.45, 2.75) is 123 Å². The third-order valence-corrected chi connectivity index (χ3v) is 7.08. The number of nitrogens with one attached hydrogen (secondary N) is 1. The lowest BCUT2D eigenvalue weighted by Crippen LogP contribution is -2.39. The minimum atomic E-state index is -4.63. The van der Waals surface area contributed by atoms with E-state index in [2.05, 4.69) is 38.2 Å². The Morgan fingerprint density at radius 3 is 2.10 bits per heavy atom. The molecule has 0 saturated heterocycles. The lowest BCUT2D eigenvalue weighted by Gasteiger charge is -2.19. The molecule has 0 unspecified atom stereocenters. The van der Waals surface area contributed by atoms with Gasteiger partial charge in [0.15, 0.2) is 0 Å². The lowest BCUT2D eigenvalue weighted by atomic mass is 10.1. The van der Waals surface area contributed by atoms with Crippen LogP contribution in [0.5, 0.6) is 5.75 Å². The monoisotopic (exact) mass is 567 g/mol. The summed E-state index contributed by atoms with van der Waals surface area (Å²) in [6.45, 7) is 6.94. The fourth-order valence-corrected chi connectivity index (χ4v) is 4.61. The fourth-order valence-electron chi connectivity index (χ4n) is 4.24. The summed E-state index contributed by atoms with van der Waals surface area (Å²) in [5.41, 5.74) is 0.926. The van der Waals surface area contributed by atoms with Crippen molar-refractivity contribution in [3.63, 3.8) is 0 Å². The summed E-state index contributed by atoms with van der Waals surface area (Å²) in [7, 11) is -4.63. The number of carbonyl (C=O) groups is 1. The Kier molecular flexibility index (Phi) is 20.0. The van der Waals surface area contributed by atoms with Crippen LogP contribution in [0.1, 0.15) is 116 Å². The van der Waals surface area contributed by atoms with Crippen molar-refractivity contribution in [1.29, 1.82) is 0 Å². The summed E-state index contributed by atoms with van der Waals surface area (Å²) < 4.78 is 21.7. The summed E-state index contributed by atoms with van der Waals surface area (Å²) in [4.78, 5) is 30.8. The Morgan fingerprint density at radius 1 is 0.923 bits per heavy atom. The van der Waals surface area contributed by atoms with Crippen LogP contribution in [0.2, 0.25) is 0 Å². The van der Waals surface area contributed by atoms with Gasteiger partial charge in [0.05, 0.1) is 19.3 Å². The number of amides is 1. The van der Waals surface area contributed by atoms with Gasteiger partial charge in [-0.3, -0.25) is 9.32 Å². The molecule has 224 valence electrons. The Labute approximate surface area is 237 Å². The molecule has 0 spiro atoms. The fraction of sp³-hybridized carbons (Fsp3) is 0.710. The maximum Gasteiger partial charge on any atom is 0.469 e. The number of rotatable bonds is 24. The van der Waals surface area contributed by atoms with Gasteiger partial charge in [0.25, 0.3) is 0 Å². The molecule has 3 N–H and O–H groups in total. The van der Waals surface area contributed by atoms with Crippen molar-refractivity contribution < 1.29 is 28.4 Å². The maximum absolute atomic E-state index is 12.5. The number of ether oxygens (including phenoxy) is 1. The third-order valence-electron chi connectivity index (χ3n) is 6.59. The number of unbranched alkanes of at least 4 members (excludes halogenated alkanes) is 10. The molecule has 0 bridgehead atoms. The number of hydrogen-bond donors (Lipinski definition) is 3. The largest absolute Gasteiger partial charge is 0.494 e. The van der Waals surface area contributed by atoms with E-state index in [0.717, 1.165) is 49.8 Å². The standard InChI is InChI=1S/C31H54NO6P/c1-4-5-6-7-8-9-10-11-12-13-14-15-16-17-18-31(33)32-29(26-38-39(34,35)36)25-28-19-21-30(22-20-28)37-24-23-27(2)3/h11-12,19-22,27,29H,4-10,13-18,23-26H2,1-3H3,(H,32,33)(H2,34,35,36)/b12-11-/t29-/m0/s1. The molecule has 0 aliphatic carbocycles. The zero-order valence-corrected chi connectivity index (χ0v) is 25.5. The second kappa shape index (κ2) is 22.1. The van der Waals surface area contributed by atoms with Gasteiger partial charge in [0.2, 0.25) is 5.91 Å². The second-order valence-corrected chi connectivity index (χ2v) is 12.1. The first-order chi connectivity index (χ1) is 18.7. The highest BCUT2D eigenvalue weighted by Crippen LogP contribution is 2.35. The van der Waals surface area contributed by atoms with E-state index in [0.29, 0.717) is 25.4 Å². The molecule has 0 heterocycles. The number of hydrogen-bond acceptors (Lipinski definition) is 4. The highest BCUT2D eigenvalue weighted by molar-refractivity contribution is 7.46. The SMILES string of the molecule is CCCCCCCC/C=C\CCCCCCC(=O)N[C@H](COP(=O)(O)O)Cc1ccc(OCCC(C)C)cc1. The van der Waals surface area contributed by atoms with Crippen LogP contribution in [0.4, 0.5) is 0 Å². The van der Waals surface area contributed by atoms with Gasteiger partial charge in [-0.25, -0.2) is 4.57 Å². The minimum absolute atomic E-state index is 0.123. The molecular formula is C31H54NO6P. The van der Waals surface area contributed by atoms with Crippen LogP contribution in [0.15, 0.2) is 36.4 Å². The van der Waals surface area contributed by atoms with Gasteiger partial charge < -0.3 is 19.8 Å². The summed E-state index contributed by atoms with van der Waals surface area (Å²) in [6.07, 6.45) is 20.6. The van der Waals surface area contributed by atoms with E-state index in [9.17, 15) is 9.36 Å². The molecule has 1 aromatic rings. The number of phosphoric ester groups is 1. The number of allylic oxidation sites excluding steroid dienone is 2. The van der Waals surface area contributed by atoms with E-state index in [-0.39, 0.29) is 12.5 Å². The van der Waals surface area contributed by atoms with Crippen molar-refractivity contribution in [3.8, 4) is 5.75 Å². The maximum atomic E-state index is 12.5. The van der Waals surface area contributed by atoms with Gasteiger partial charge >= 0.3 is 7.82 Å². The number of carbonyl (C=O) groups excluding carboxylic acids is 1. The zero-order valence-electron chi connectivity index (χ0n) is 24.6. The van der Waals surface area contributed by atoms with Crippen LogP contribution in [-0.2, 0) is 20.3 Å². The predicted octanol–water partition coefficient (Wildman–Crippen LogP) is 7.90. The van der Waals surface area contributed by atoms with Crippen molar-refractivity contribution in [2.24, 2.45) is 5.92 Å². The summed E-state index contributed by atoms with van der Waals surface area (Å²) in [6, 6.07) is 7.03. The van der Waals surface area contributed by atoms with E-state index in [1.807, 2.05) is 24.3 Å². The van der Waals surface area contributed by atoms with E-state index in [1.54, 1.807) is 0 Å². The van der Waals surface area contributed by atoms with Gasteiger partial charge in [-0.05, 0) is 68.6 Å². The molecule has 7 nitrogen and oxygen atoms in total. The number of benzene rings is 1. The molecular weight excluding hydrogens is 513 g/mol. The Balaban J connectivity index is 2.31. The van der Waals surface area contributed by atoms with Gasteiger partial charge in [0, 0.05) is 6.42 Å². The smallest absolute Gasteiger partial charge is 0.469 e. The predicted molar refractivity (Wildman–Crippen MR) is 160 cm³/mol. The van der Waals surface area contributed by atoms with E-state index >= 15 is 0 Å². The lowest BCUT2D eigenvalue weighted by molar-refractivity contribution is -0.122. The second-order valence-electron chi connectivity index (χ2n) is 10.9. The van der Waals surface area contributed by atoms with E-state index in [4.69, 9.17) is 19.0 Å². The van der Waals surface area contributed by atoms with Gasteiger partial charge in [-0.2, -0.15) is 0 Å². The van der Waals surface area contributed by atoms with Crippen LogP contribution < -0.4 is 10.1 Å². The van der Waals surface area contributed by atoms with Crippen LogP contribution in [0.3, 0.4) is 0 Å². The van der Waals surface area contributed by atoms with E-state index in [1.165, 1.54) is 44.9 Å². The van der Waals surface area contributed by atoms with Crippen LogP contribution in [-0.4, -0.2) is 34.9 Å². The Morgan fingerprint density at radius 2 is 1.51 bits per heavy atom. The average Bonchev–Trinajstić information content (AvgIpc) is 2.88. The first-order valence-electron chi connectivity index (χ1n) is 15.1. The first kappa shape index (κ1) is 35.4. The summed E-state index contributed by atoms with van der Waals surface area (Å²) >= 11 is 0. The minimum Gasteiger partial charge on any atom is -0.494 e. The van der Waals surface area contributed by atoms with Crippen molar-refractivity contribution >= 4 is 13.7 Å². The molecule has 1 atom stereocenters. The highest BCUT2D eigenvalue weighted by Gasteiger charge is 2.20. The van der Waals surface area contributed by atoms with Gasteiger partial charge in [0.1, 0.15) is 5.75 Å². The van der Waals surface area contributed by atoms with Crippen molar-refractivity contribution in [3.05, 3.63) is 42.0 Å². The first-order valence-corrected chi connectivity index (χ1v) is 16.6. The molecule has 0 aliphatic rings. The summed E-state index contributed by atoms with van der Waals surface area (Å²) in [5, 5.41) is 2.90. The molecule has 0 aliphatic heterocycles. The Hall–Kier alpha value is -1.66. The van der Waals surface area contributed by atoms with Gasteiger partial charge in [-0.1, -0.05) is 90.0 Å². The Bertz CT molecular complexity index is 821. The van der Waals surface area contributed by atoms with Gasteiger partial charge in [-0.15, -0.1) is 0 Å². The quantitative estimate of drug-likeness (QED) is 0.0666. The van der Waals surface area contributed by atoms with Crippen molar-refractivity contribution in [2.75, 3.05) is 13.2 Å². The summed E-state index contributed by atoms with van der Waals surface area (Å²) in [5.74, 6) is 1.23. The molecule has 0 fully saturated rings. The molecule has 39 heavy (non-hydrogen) atoms. The molecule has 8 heteroatoms. The zero-order chi connectivity index (χ0) is 28.8. The molecule has 0 aromatic heterocycles. The molecule has 0 saturated carbocycles. The molecule has 0 radical (unpaired) electrons. The average molecular weight is 568 g/mol. The van der Waals surface area contributed by atoms with E-state index < -0.39 is 13.9 Å². The number of phosphoric acid groups is 1. The topological polar surface area (TPSA) is 105 Å². The highest BCUT2D eigenvalue weighted by atomic mass is 31.2. The third kappa shape index (κ3) is 21.8. The van der Waals surface area contributed by atoms with Crippen LogP contribution in [0.25, 0.3) is 0 Å². The normalized spacial score (nSPS) is 12.8. The van der Waals surface area contributed by atoms with Crippen molar-refractivity contribution in [1.82, 2.24) is 5.32 Å². The molecule has 1 aromatic carbocycles. The molecule has 1 amide bonds. The molecule has 1 rings (SSSR count). The van der Waals surface area contributed by atoms with Crippen LogP contribution in [0, 0.1) is 5.92 Å². The van der Waals surface area contributed by atoms with Crippen LogP contribution >= 0.6 is 7.82 Å².